The molecule has 1 heterocycles. The van der Waals surface area contributed by atoms with Crippen LogP contribution in [0.25, 0.3) is 0 Å². The summed E-state index contributed by atoms with van der Waals surface area (Å²) in [5.74, 6) is 0. The van der Waals surface area contributed by atoms with E-state index in [2.05, 4.69) is 6.92 Å². The fraction of sp³-hybridized carbons (Fsp3) is 1.00. The van der Waals surface area contributed by atoms with E-state index in [1.54, 1.807) is 0 Å². The van der Waals surface area contributed by atoms with Crippen LogP contribution in [0.1, 0.15) is 39.0 Å². The van der Waals surface area contributed by atoms with E-state index in [-0.39, 0.29) is 12.2 Å². The lowest BCUT2D eigenvalue weighted by Gasteiger charge is -2.27. The predicted molar refractivity (Wildman–Crippen MR) is 44.5 cm³/mol. The lowest BCUT2D eigenvalue weighted by Crippen LogP contribution is -2.33. The quantitative estimate of drug-likeness (QED) is 0.677. The fourth-order valence-corrected chi connectivity index (χ4v) is 1.51. The van der Waals surface area contributed by atoms with Gasteiger partial charge in [0, 0.05) is 6.61 Å². The molecule has 1 aliphatic heterocycles. The predicted octanol–water partition coefficient (Wildman–Crippen LogP) is 1.72. The minimum Gasteiger partial charge on any atom is -0.390 e. The summed E-state index contributed by atoms with van der Waals surface area (Å²) in [4.78, 5) is 0. The Bertz CT molecular complexity index is 104. The smallest absolute Gasteiger partial charge is 0.0833 e. The van der Waals surface area contributed by atoms with E-state index in [4.69, 9.17) is 4.74 Å². The summed E-state index contributed by atoms with van der Waals surface area (Å²) in [5, 5.41) is 9.47. The van der Waals surface area contributed by atoms with Gasteiger partial charge in [-0.25, -0.2) is 0 Å². The summed E-state index contributed by atoms with van der Waals surface area (Å²) < 4.78 is 5.44. The summed E-state index contributed by atoms with van der Waals surface area (Å²) in [7, 11) is 0. The number of ether oxygens (including phenoxy) is 1. The van der Waals surface area contributed by atoms with Crippen molar-refractivity contribution in [3.8, 4) is 0 Å². The molecule has 1 saturated heterocycles. The molecule has 0 aromatic rings. The van der Waals surface area contributed by atoms with Crippen LogP contribution in [-0.2, 0) is 4.74 Å². The van der Waals surface area contributed by atoms with Crippen molar-refractivity contribution in [2.45, 2.75) is 51.2 Å². The maximum absolute atomic E-state index is 9.47. The summed E-state index contributed by atoms with van der Waals surface area (Å²) in [6.07, 6.45) is 5.25. The highest BCUT2D eigenvalue weighted by molar-refractivity contribution is 4.72. The first-order chi connectivity index (χ1) is 5.34. The van der Waals surface area contributed by atoms with Crippen molar-refractivity contribution in [3.63, 3.8) is 0 Å². The first kappa shape index (κ1) is 9.01. The van der Waals surface area contributed by atoms with E-state index in [0.29, 0.717) is 0 Å². The molecule has 1 rings (SSSR count). The Labute approximate surface area is 68.6 Å². The van der Waals surface area contributed by atoms with E-state index in [9.17, 15) is 5.11 Å². The number of unbranched alkanes of at least 4 members (excludes halogenated alkanes) is 1. The molecule has 0 saturated carbocycles. The Hall–Kier alpha value is -0.0800. The van der Waals surface area contributed by atoms with Crippen molar-refractivity contribution in [2.24, 2.45) is 0 Å². The van der Waals surface area contributed by atoms with Gasteiger partial charge >= 0.3 is 0 Å². The Morgan fingerprint density at radius 3 is 3.00 bits per heavy atom. The van der Waals surface area contributed by atoms with Crippen LogP contribution in [0.4, 0.5) is 0 Å². The van der Waals surface area contributed by atoms with Crippen LogP contribution in [-0.4, -0.2) is 23.9 Å². The number of rotatable bonds is 3. The highest BCUT2D eigenvalue weighted by atomic mass is 16.5. The number of hydrogen-bond donors (Lipinski definition) is 1. The third-order valence-corrected chi connectivity index (χ3v) is 2.25. The second-order valence-corrected chi connectivity index (χ2v) is 3.26. The van der Waals surface area contributed by atoms with Gasteiger partial charge in [0.15, 0.2) is 0 Å². The van der Waals surface area contributed by atoms with Crippen molar-refractivity contribution in [3.05, 3.63) is 0 Å². The van der Waals surface area contributed by atoms with E-state index in [1.807, 2.05) is 0 Å². The van der Waals surface area contributed by atoms with Gasteiger partial charge in [0.05, 0.1) is 12.2 Å². The normalized spacial score (nSPS) is 32.2. The molecule has 2 heteroatoms. The molecular weight excluding hydrogens is 140 g/mol. The lowest BCUT2D eigenvalue weighted by molar-refractivity contribution is -0.0774. The summed E-state index contributed by atoms with van der Waals surface area (Å²) in [6.45, 7) is 3.00. The van der Waals surface area contributed by atoms with Crippen molar-refractivity contribution in [2.75, 3.05) is 6.61 Å². The fourth-order valence-electron chi connectivity index (χ4n) is 1.51. The molecule has 0 aromatic carbocycles. The molecule has 1 N–H and O–H groups in total. The van der Waals surface area contributed by atoms with Crippen LogP contribution in [0.3, 0.4) is 0 Å². The van der Waals surface area contributed by atoms with Crippen molar-refractivity contribution < 1.29 is 9.84 Å². The van der Waals surface area contributed by atoms with Gasteiger partial charge in [0.25, 0.3) is 0 Å². The molecule has 11 heavy (non-hydrogen) atoms. The molecule has 2 nitrogen and oxygen atoms in total. The van der Waals surface area contributed by atoms with Crippen LogP contribution in [0.15, 0.2) is 0 Å². The van der Waals surface area contributed by atoms with Gasteiger partial charge in [0.2, 0.25) is 0 Å². The van der Waals surface area contributed by atoms with E-state index < -0.39 is 0 Å². The highest BCUT2D eigenvalue weighted by Gasteiger charge is 2.22. The van der Waals surface area contributed by atoms with Gasteiger partial charge in [-0.3, -0.25) is 0 Å². The highest BCUT2D eigenvalue weighted by Crippen LogP contribution is 2.18. The number of aliphatic hydroxyl groups is 1. The van der Waals surface area contributed by atoms with Gasteiger partial charge in [-0.2, -0.15) is 0 Å². The van der Waals surface area contributed by atoms with Gasteiger partial charge in [-0.05, 0) is 19.3 Å². The topological polar surface area (TPSA) is 29.5 Å². The van der Waals surface area contributed by atoms with Gasteiger partial charge in [-0.1, -0.05) is 19.8 Å². The standard InChI is InChI=1S/C9H18O2/c1-2-3-6-9-8(10)5-4-7-11-9/h8-10H,2-7H2,1H3. The maximum Gasteiger partial charge on any atom is 0.0833 e. The van der Waals surface area contributed by atoms with E-state index >= 15 is 0 Å². The van der Waals surface area contributed by atoms with Crippen LogP contribution in [0.5, 0.6) is 0 Å². The minimum absolute atomic E-state index is 0.128. The number of aliphatic hydroxyl groups excluding tert-OH is 1. The Morgan fingerprint density at radius 1 is 1.55 bits per heavy atom. The lowest BCUT2D eigenvalue weighted by atomic mass is 10.0. The van der Waals surface area contributed by atoms with Gasteiger partial charge in [-0.15, -0.1) is 0 Å². The SMILES string of the molecule is CCCCC1OCCCC1O. The van der Waals surface area contributed by atoms with Crippen molar-refractivity contribution >= 4 is 0 Å². The zero-order valence-corrected chi connectivity index (χ0v) is 7.25. The van der Waals surface area contributed by atoms with Crippen molar-refractivity contribution in [1.29, 1.82) is 0 Å². The van der Waals surface area contributed by atoms with E-state index in [0.717, 1.165) is 25.9 Å². The van der Waals surface area contributed by atoms with E-state index in [1.165, 1.54) is 12.8 Å². The molecule has 0 aliphatic carbocycles. The molecule has 1 fully saturated rings. The second kappa shape index (κ2) is 4.73. The zero-order valence-electron chi connectivity index (χ0n) is 7.25. The average molecular weight is 158 g/mol. The van der Waals surface area contributed by atoms with Crippen LogP contribution < -0.4 is 0 Å². The van der Waals surface area contributed by atoms with Gasteiger partial charge in [0.1, 0.15) is 0 Å². The van der Waals surface area contributed by atoms with Gasteiger partial charge < -0.3 is 9.84 Å². The van der Waals surface area contributed by atoms with Crippen LogP contribution in [0.2, 0.25) is 0 Å². The molecule has 0 radical (unpaired) electrons. The third-order valence-electron chi connectivity index (χ3n) is 2.25. The Morgan fingerprint density at radius 2 is 2.36 bits per heavy atom. The first-order valence-electron chi connectivity index (χ1n) is 4.64. The molecule has 2 atom stereocenters. The second-order valence-electron chi connectivity index (χ2n) is 3.26. The minimum atomic E-state index is -0.199. The summed E-state index contributed by atoms with van der Waals surface area (Å²) in [5.41, 5.74) is 0. The Kier molecular flexibility index (Phi) is 3.87. The molecule has 0 spiro atoms. The molecule has 1 aliphatic rings. The molecular formula is C9H18O2. The largest absolute Gasteiger partial charge is 0.390 e. The third kappa shape index (κ3) is 2.80. The molecule has 2 unspecified atom stereocenters. The molecule has 66 valence electrons. The van der Waals surface area contributed by atoms with Crippen molar-refractivity contribution in [1.82, 2.24) is 0 Å². The van der Waals surface area contributed by atoms with Crippen LogP contribution >= 0.6 is 0 Å². The number of hydrogen-bond acceptors (Lipinski definition) is 2. The first-order valence-corrected chi connectivity index (χ1v) is 4.64. The molecule has 0 aromatic heterocycles. The Balaban J connectivity index is 2.18. The monoisotopic (exact) mass is 158 g/mol. The molecule has 0 bridgehead atoms. The zero-order chi connectivity index (χ0) is 8.10. The maximum atomic E-state index is 9.47. The van der Waals surface area contributed by atoms with Crippen LogP contribution in [0, 0.1) is 0 Å². The summed E-state index contributed by atoms with van der Waals surface area (Å²) >= 11 is 0. The average Bonchev–Trinajstić information content (AvgIpc) is 2.03. The molecule has 0 amide bonds. The summed E-state index contributed by atoms with van der Waals surface area (Å²) in [6, 6.07) is 0.